The van der Waals surface area contributed by atoms with Gasteiger partial charge < -0.3 is 10.4 Å². The number of carboxylic acid groups (broad SMARTS) is 1. The number of hydrogen-bond donors (Lipinski definition) is 2. The number of hydrogen-bond acceptors (Lipinski definition) is 2. The molecule has 1 aliphatic rings. The first-order chi connectivity index (χ1) is 9.58. The van der Waals surface area contributed by atoms with E-state index in [0.29, 0.717) is 13.0 Å². The van der Waals surface area contributed by atoms with Crippen molar-refractivity contribution in [3.63, 3.8) is 0 Å². The summed E-state index contributed by atoms with van der Waals surface area (Å²) in [7, 11) is 0. The fourth-order valence-electron chi connectivity index (χ4n) is 2.85. The van der Waals surface area contributed by atoms with Crippen molar-refractivity contribution in [3.8, 4) is 0 Å². The number of nitrogens with one attached hydrogen (secondary N) is 1. The summed E-state index contributed by atoms with van der Waals surface area (Å²) in [6.07, 6.45) is 3.56. The van der Waals surface area contributed by atoms with Crippen molar-refractivity contribution < 1.29 is 18.7 Å². The molecule has 2 atom stereocenters. The predicted molar refractivity (Wildman–Crippen MR) is 71.1 cm³/mol. The van der Waals surface area contributed by atoms with Crippen LogP contribution in [0.25, 0.3) is 0 Å². The minimum atomic E-state index is -0.756. The second kappa shape index (κ2) is 6.79. The summed E-state index contributed by atoms with van der Waals surface area (Å²) in [6, 6.07) is 3.35. The van der Waals surface area contributed by atoms with Crippen LogP contribution in [0.5, 0.6) is 0 Å². The number of benzene rings is 1. The summed E-state index contributed by atoms with van der Waals surface area (Å²) < 4.78 is 26.5. The topological polar surface area (TPSA) is 49.3 Å². The van der Waals surface area contributed by atoms with Crippen LogP contribution in [0.3, 0.4) is 0 Å². The van der Waals surface area contributed by atoms with Crippen molar-refractivity contribution in [2.75, 3.05) is 6.54 Å². The molecule has 2 N–H and O–H groups in total. The molecule has 1 fully saturated rings. The Morgan fingerprint density at radius 3 is 2.80 bits per heavy atom. The van der Waals surface area contributed by atoms with Gasteiger partial charge in [0, 0.05) is 12.1 Å². The van der Waals surface area contributed by atoms with Crippen molar-refractivity contribution >= 4 is 5.97 Å². The highest BCUT2D eigenvalue weighted by atomic mass is 19.1. The van der Waals surface area contributed by atoms with E-state index in [2.05, 4.69) is 5.32 Å². The fraction of sp³-hybridized carbons (Fsp3) is 0.533. The summed E-state index contributed by atoms with van der Waals surface area (Å²) in [5.41, 5.74) is 0.271. The standard InChI is InChI=1S/C15H19F2NO2/c16-12-5-6-14(17)11(7-12)9-18-8-10-3-1-2-4-13(10)15(19)20/h5-7,10,13,18H,1-4,8-9H2,(H,19,20). The maximum absolute atomic E-state index is 13.4. The van der Waals surface area contributed by atoms with Gasteiger partial charge in [0.15, 0.2) is 0 Å². The van der Waals surface area contributed by atoms with Crippen molar-refractivity contribution in [2.24, 2.45) is 11.8 Å². The summed E-state index contributed by atoms with van der Waals surface area (Å²) in [4.78, 5) is 11.2. The van der Waals surface area contributed by atoms with Gasteiger partial charge in [0.25, 0.3) is 0 Å². The van der Waals surface area contributed by atoms with Gasteiger partial charge in [0.2, 0.25) is 0 Å². The molecule has 0 bridgehead atoms. The van der Waals surface area contributed by atoms with E-state index in [0.717, 1.165) is 37.5 Å². The fourth-order valence-corrected chi connectivity index (χ4v) is 2.85. The van der Waals surface area contributed by atoms with Crippen LogP contribution in [0, 0.1) is 23.5 Å². The molecule has 1 aliphatic carbocycles. The molecule has 0 aromatic heterocycles. The minimum absolute atomic E-state index is 0.0675. The van der Waals surface area contributed by atoms with E-state index in [-0.39, 0.29) is 23.9 Å². The van der Waals surface area contributed by atoms with Crippen LogP contribution in [0.2, 0.25) is 0 Å². The Balaban J connectivity index is 1.88. The average Bonchev–Trinajstić information content (AvgIpc) is 2.43. The monoisotopic (exact) mass is 283 g/mol. The van der Waals surface area contributed by atoms with E-state index in [9.17, 15) is 13.6 Å². The molecule has 0 heterocycles. The third-order valence-electron chi connectivity index (χ3n) is 3.96. The van der Waals surface area contributed by atoms with Crippen LogP contribution in [-0.4, -0.2) is 17.6 Å². The Hall–Kier alpha value is -1.49. The Bertz CT molecular complexity index is 479. The Labute approximate surface area is 117 Å². The highest BCUT2D eigenvalue weighted by molar-refractivity contribution is 5.70. The van der Waals surface area contributed by atoms with E-state index in [1.165, 1.54) is 0 Å². The van der Waals surface area contributed by atoms with Crippen molar-refractivity contribution in [2.45, 2.75) is 32.2 Å². The number of halogens is 2. The first kappa shape index (κ1) is 14.9. The second-order valence-electron chi connectivity index (χ2n) is 5.36. The molecule has 0 aliphatic heterocycles. The Kier molecular flexibility index (Phi) is 5.06. The Morgan fingerprint density at radius 1 is 1.30 bits per heavy atom. The molecule has 20 heavy (non-hydrogen) atoms. The van der Waals surface area contributed by atoms with Crippen LogP contribution < -0.4 is 5.32 Å². The van der Waals surface area contributed by atoms with E-state index in [1.807, 2.05) is 0 Å². The molecule has 1 aromatic rings. The molecular formula is C15H19F2NO2. The van der Waals surface area contributed by atoms with Gasteiger partial charge in [-0.05, 0) is 43.5 Å². The second-order valence-corrected chi connectivity index (χ2v) is 5.36. The molecule has 1 aromatic carbocycles. The van der Waals surface area contributed by atoms with Gasteiger partial charge in [-0.15, -0.1) is 0 Å². The number of aliphatic carboxylic acids is 1. The van der Waals surface area contributed by atoms with Gasteiger partial charge in [-0.2, -0.15) is 0 Å². The van der Waals surface area contributed by atoms with Gasteiger partial charge in [-0.3, -0.25) is 4.79 Å². The Morgan fingerprint density at radius 2 is 2.05 bits per heavy atom. The summed E-state index contributed by atoms with van der Waals surface area (Å²) in [5, 5.41) is 12.2. The third kappa shape index (κ3) is 3.76. The molecule has 0 saturated heterocycles. The lowest BCUT2D eigenvalue weighted by molar-refractivity contribution is -0.144. The molecule has 1 saturated carbocycles. The normalized spacial score (nSPS) is 22.7. The zero-order valence-electron chi connectivity index (χ0n) is 11.2. The molecule has 2 rings (SSSR count). The first-order valence-electron chi connectivity index (χ1n) is 6.95. The van der Waals surface area contributed by atoms with Crippen molar-refractivity contribution in [1.29, 1.82) is 0 Å². The largest absolute Gasteiger partial charge is 0.481 e. The van der Waals surface area contributed by atoms with E-state index in [1.54, 1.807) is 0 Å². The van der Waals surface area contributed by atoms with Crippen LogP contribution >= 0.6 is 0 Å². The van der Waals surface area contributed by atoms with E-state index in [4.69, 9.17) is 5.11 Å². The van der Waals surface area contributed by atoms with Gasteiger partial charge in [0.1, 0.15) is 11.6 Å². The summed E-state index contributed by atoms with van der Waals surface area (Å²) >= 11 is 0. The molecule has 5 heteroatoms. The zero-order valence-corrected chi connectivity index (χ0v) is 11.2. The predicted octanol–water partition coefficient (Wildman–Crippen LogP) is 2.95. The van der Waals surface area contributed by atoms with E-state index >= 15 is 0 Å². The number of carbonyl (C=O) groups is 1. The maximum atomic E-state index is 13.4. The number of carboxylic acids is 1. The third-order valence-corrected chi connectivity index (χ3v) is 3.96. The SMILES string of the molecule is O=C(O)C1CCCCC1CNCc1cc(F)ccc1F. The van der Waals surface area contributed by atoms with Crippen molar-refractivity contribution in [3.05, 3.63) is 35.4 Å². The maximum Gasteiger partial charge on any atom is 0.306 e. The van der Waals surface area contributed by atoms with Gasteiger partial charge in [-0.25, -0.2) is 8.78 Å². The summed E-state index contributed by atoms with van der Waals surface area (Å²) in [5.74, 6) is -1.93. The molecule has 110 valence electrons. The summed E-state index contributed by atoms with van der Waals surface area (Å²) in [6.45, 7) is 0.735. The zero-order chi connectivity index (χ0) is 14.5. The smallest absolute Gasteiger partial charge is 0.306 e. The van der Waals surface area contributed by atoms with Crippen molar-refractivity contribution in [1.82, 2.24) is 5.32 Å². The highest BCUT2D eigenvalue weighted by Crippen LogP contribution is 2.29. The molecule has 0 radical (unpaired) electrons. The lowest BCUT2D eigenvalue weighted by atomic mass is 9.79. The number of rotatable bonds is 5. The average molecular weight is 283 g/mol. The van der Waals surface area contributed by atoms with Crippen LogP contribution in [-0.2, 0) is 11.3 Å². The van der Waals surface area contributed by atoms with Crippen LogP contribution in [0.1, 0.15) is 31.2 Å². The molecule has 2 unspecified atom stereocenters. The lowest BCUT2D eigenvalue weighted by Gasteiger charge is -2.28. The van der Waals surface area contributed by atoms with Gasteiger partial charge in [-0.1, -0.05) is 12.8 Å². The van der Waals surface area contributed by atoms with E-state index < -0.39 is 17.6 Å². The lowest BCUT2D eigenvalue weighted by Crippen LogP contribution is -2.34. The highest BCUT2D eigenvalue weighted by Gasteiger charge is 2.30. The molecule has 0 spiro atoms. The van der Waals surface area contributed by atoms with Gasteiger partial charge >= 0.3 is 5.97 Å². The minimum Gasteiger partial charge on any atom is -0.481 e. The quantitative estimate of drug-likeness (QED) is 0.873. The molecule has 0 amide bonds. The molecule has 3 nitrogen and oxygen atoms in total. The van der Waals surface area contributed by atoms with Crippen LogP contribution in [0.4, 0.5) is 8.78 Å². The first-order valence-corrected chi connectivity index (χ1v) is 6.95. The van der Waals surface area contributed by atoms with Crippen LogP contribution in [0.15, 0.2) is 18.2 Å². The van der Waals surface area contributed by atoms with Gasteiger partial charge in [0.05, 0.1) is 5.92 Å². The molecular weight excluding hydrogens is 264 g/mol.